The third-order valence-corrected chi connectivity index (χ3v) is 4.70. The first kappa shape index (κ1) is 18.9. The van der Waals surface area contributed by atoms with Gasteiger partial charge >= 0.3 is 12.6 Å². The Morgan fingerprint density at radius 2 is 1.96 bits per heavy atom. The summed E-state index contributed by atoms with van der Waals surface area (Å²) in [5.41, 5.74) is 0.00541. The molecule has 0 bridgehead atoms. The number of esters is 1. The van der Waals surface area contributed by atoms with Crippen molar-refractivity contribution in [3.8, 4) is 5.75 Å². The molecule has 25 heavy (non-hydrogen) atoms. The molecule has 0 aliphatic heterocycles. The molecule has 0 saturated heterocycles. The number of halogens is 2. The van der Waals surface area contributed by atoms with Crippen molar-refractivity contribution in [3.05, 3.63) is 47.7 Å². The Bertz CT molecular complexity index is 847. The fourth-order valence-corrected chi connectivity index (χ4v) is 2.59. The van der Waals surface area contributed by atoms with E-state index >= 15 is 0 Å². The number of furan rings is 1. The van der Waals surface area contributed by atoms with E-state index in [0.29, 0.717) is 0 Å². The first-order valence-electron chi connectivity index (χ1n) is 6.93. The standard InChI is InChI=1S/C15H15F2NO6S/c1-18(2)25(20,21)13-7-6-12(23-13)9-22-14(19)10-4-3-5-11(8-10)24-15(16)17/h3-8,15H,9H2,1-2H3. The quantitative estimate of drug-likeness (QED) is 0.691. The molecule has 136 valence electrons. The van der Waals surface area contributed by atoms with Crippen molar-refractivity contribution in [3.63, 3.8) is 0 Å². The molecule has 0 fully saturated rings. The van der Waals surface area contributed by atoms with Crippen LogP contribution in [-0.2, 0) is 21.4 Å². The molecule has 0 amide bonds. The van der Waals surface area contributed by atoms with E-state index in [1.165, 1.54) is 44.4 Å². The summed E-state index contributed by atoms with van der Waals surface area (Å²) in [5.74, 6) is -0.858. The molecule has 0 N–H and O–H groups in total. The van der Waals surface area contributed by atoms with Gasteiger partial charge in [0.05, 0.1) is 5.56 Å². The van der Waals surface area contributed by atoms with Crippen molar-refractivity contribution in [2.24, 2.45) is 0 Å². The second-order valence-electron chi connectivity index (χ2n) is 4.99. The zero-order valence-corrected chi connectivity index (χ0v) is 14.1. The van der Waals surface area contributed by atoms with Crippen molar-refractivity contribution < 1.29 is 35.9 Å². The van der Waals surface area contributed by atoms with Crippen LogP contribution in [0.4, 0.5) is 8.78 Å². The topological polar surface area (TPSA) is 86.0 Å². The van der Waals surface area contributed by atoms with Crippen LogP contribution >= 0.6 is 0 Å². The molecule has 0 atom stereocenters. The highest BCUT2D eigenvalue weighted by molar-refractivity contribution is 7.88. The number of nitrogens with zero attached hydrogens (tertiary/aromatic N) is 1. The number of alkyl halides is 2. The van der Waals surface area contributed by atoms with E-state index in [-0.39, 0.29) is 28.8 Å². The van der Waals surface area contributed by atoms with Gasteiger partial charge in [-0.3, -0.25) is 0 Å². The molecule has 0 spiro atoms. The van der Waals surface area contributed by atoms with Crippen LogP contribution in [-0.4, -0.2) is 39.4 Å². The lowest BCUT2D eigenvalue weighted by atomic mass is 10.2. The largest absolute Gasteiger partial charge is 0.454 e. The van der Waals surface area contributed by atoms with E-state index in [4.69, 9.17) is 9.15 Å². The van der Waals surface area contributed by atoms with Crippen LogP contribution in [0.15, 0.2) is 45.9 Å². The molecular formula is C15H15F2NO6S. The van der Waals surface area contributed by atoms with E-state index in [1.807, 2.05) is 0 Å². The van der Waals surface area contributed by atoms with Gasteiger partial charge in [-0.2, -0.15) is 8.78 Å². The van der Waals surface area contributed by atoms with E-state index in [0.717, 1.165) is 10.4 Å². The van der Waals surface area contributed by atoms with Gasteiger partial charge in [-0.05, 0) is 30.3 Å². The van der Waals surface area contributed by atoms with E-state index in [1.54, 1.807) is 0 Å². The summed E-state index contributed by atoms with van der Waals surface area (Å²) >= 11 is 0. The normalized spacial score (nSPS) is 11.8. The van der Waals surface area contributed by atoms with E-state index in [9.17, 15) is 22.0 Å². The Morgan fingerprint density at radius 1 is 1.24 bits per heavy atom. The second-order valence-corrected chi connectivity index (χ2v) is 7.07. The maximum atomic E-state index is 12.2. The molecule has 0 radical (unpaired) electrons. The Morgan fingerprint density at radius 3 is 2.60 bits per heavy atom. The zero-order valence-electron chi connectivity index (χ0n) is 13.3. The molecule has 0 aliphatic rings. The number of benzene rings is 1. The fraction of sp³-hybridized carbons (Fsp3) is 0.267. The first-order chi connectivity index (χ1) is 11.7. The lowest BCUT2D eigenvalue weighted by molar-refractivity contribution is -0.0499. The average molecular weight is 375 g/mol. The summed E-state index contributed by atoms with van der Waals surface area (Å²) in [4.78, 5) is 11.9. The van der Waals surface area contributed by atoms with Gasteiger partial charge in [-0.15, -0.1) is 0 Å². The summed E-state index contributed by atoms with van der Waals surface area (Å²) in [5, 5.41) is -0.282. The first-order valence-corrected chi connectivity index (χ1v) is 8.37. The van der Waals surface area contributed by atoms with Crippen LogP contribution in [0.25, 0.3) is 0 Å². The van der Waals surface area contributed by atoms with Crippen LogP contribution in [0.5, 0.6) is 5.75 Å². The summed E-state index contributed by atoms with van der Waals surface area (Å²) in [7, 11) is -1.02. The maximum Gasteiger partial charge on any atom is 0.387 e. The molecule has 0 aliphatic carbocycles. The lowest BCUT2D eigenvalue weighted by Gasteiger charge is -2.08. The molecule has 1 aromatic heterocycles. The van der Waals surface area contributed by atoms with Crippen molar-refractivity contribution in [2.45, 2.75) is 18.3 Å². The number of hydrogen-bond acceptors (Lipinski definition) is 6. The van der Waals surface area contributed by atoms with Gasteiger partial charge in [0.1, 0.15) is 18.1 Å². The van der Waals surface area contributed by atoms with Crippen LogP contribution < -0.4 is 4.74 Å². The minimum Gasteiger partial charge on any atom is -0.454 e. The van der Waals surface area contributed by atoms with Gasteiger partial charge in [0, 0.05) is 14.1 Å². The molecule has 2 aromatic rings. The average Bonchev–Trinajstić information content (AvgIpc) is 3.01. The number of rotatable bonds is 7. The van der Waals surface area contributed by atoms with E-state index in [2.05, 4.69) is 4.74 Å². The highest BCUT2D eigenvalue weighted by Gasteiger charge is 2.22. The molecule has 2 rings (SSSR count). The Balaban J connectivity index is 2.02. The predicted molar refractivity (Wildman–Crippen MR) is 81.8 cm³/mol. The highest BCUT2D eigenvalue weighted by Crippen LogP contribution is 2.19. The van der Waals surface area contributed by atoms with Gasteiger partial charge in [0.25, 0.3) is 10.0 Å². The third kappa shape index (κ3) is 4.77. The minimum atomic E-state index is -3.73. The molecule has 1 aromatic carbocycles. The van der Waals surface area contributed by atoms with Crippen molar-refractivity contribution in [1.82, 2.24) is 4.31 Å². The van der Waals surface area contributed by atoms with Crippen molar-refractivity contribution in [1.29, 1.82) is 0 Å². The molecular weight excluding hydrogens is 360 g/mol. The molecule has 1 heterocycles. The number of carbonyl (C=O) groups is 1. The van der Waals surface area contributed by atoms with Crippen LogP contribution in [0, 0.1) is 0 Å². The SMILES string of the molecule is CN(C)S(=O)(=O)c1ccc(COC(=O)c2cccc(OC(F)F)c2)o1. The Kier molecular flexibility index (Phi) is 5.75. The minimum absolute atomic E-state index is 0.00541. The number of sulfonamides is 1. The predicted octanol–water partition coefficient (Wildman–Crippen LogP) is 2.49. The van der Waals surface area contributed by atoms with Crippen molar-refractivity contribution >= 4 is 16.0 Å². The number of hydrogen-bond donors (Lipinski definition) is 0. The van der Waals surface area contributed by atoms with E-state index < -0.39 is 22.6 Å². The van der Waals surface area contributed by atoms with Gasteiger partial charge in [-0.25, -0.2) is 17.5 Å². The van der Waals surface area contributed by atoms with Gasteiger partial charge < -0.3 is 13.9 Å². The van der Waals surface area contributed by atoms with Crippen LogP contribution in [0.1, 0.15) is 16.1 Å². The fourth-order valence-electron chi connectivity index (χ4n) is 1.77. The lowest BCUT2D eigenvalue weighted by Crippen LogP contribution is -2.21. The number of carbonyl (C=O) groups excluding carboxylic acids is 1. The second kappa shape index (κ2) is 7.62. The highest BCUT2D eigenvalue weighted by atomic mass is 32.2. The summed E-state index contributed by atoms with van der Waals surface area (Å²) in [6.45, 7) is -3.33. The summed E-state index contributed by atoms with van der Waals surface area (Å²) < 4.78 is 63.4. The molecule has 0 unspecified atom stereocenters. The summed E-state index contributed by atoms with van der Waals surface area (Å²) in [6.07, 6.45) is 0. The smallest absolute Gasteiger partial charge is 0.387 e. The third-order valence-electron chi connectivity index (χ3n) is 3.01. The van der Waals surface area contributed by atoms with Gasteiger partial charge in [0.15, 0.2) is 0 Å². The van der Waals surface area contributed by atoms with Crippen LogP contribution in [0.3, 0.4) is 0 Å². The Labute approximate surface area is 142 Å². The molecule has 0 saturated carbocycles. The van der Waals surface area contributed by atoms with Gasteiger partial charge in [0.2, 0.25) is 5.09 Å². The maximum absolute atomic E-state index is 12.2. The number of ether oxygens (including phenoxy) is 2. The van der Waals surface area contributed by atoms with Crippen LogP contribution in [0.2, 0.25) is 0 Å². The molecule has 10 heteroatoms. The Hall–Kier alpha value is -2.46. The summed E-state index contributed by atoms with van der Waals surface area (Å²) in [6, 6.07) is 7.72. The monoisotopic (exact) mass is 375 g/mol. The zero-order chi connectivity index (χ0) is 18.6. The van der Waals surface area contributed by atoms with Crippen molar-refractivity contribution in [2.75, 3.05) is 14.1 Å². The van der Waals surface area contributed by atoms with Gasteiger partial charge in [-0.1, -0.05) is 6.07 Å². The molecule has 7 nitrogen and oxygen atoms in total.